The third-order valence-corrected chi connectivity index (χ3v) is 5.34. The molecule has 1 fully saturated rings. The fourth-order valence-electron chi connectivity index (χ4n) is 3.42. The summed E-state index contributed by atoms with van der Waals surface area (Å²) in [5.74, 6) is -0.00916. The van der Waals surface area contributed by atoms with Crippen LogP contribution in [0.2, 0.25) is 0 Å². The maximum atomic E-state index is 13.3. The van der Waals surface area contributed by atoms with Gasteiger partial charge in [0.25, 0.3) is 5.91 Å². The van der Waals surface area contributed by atoms with Gasteiger partial charge < -0.3 is 10.2 Å². The van der Waals surface area contributed by atoms with Crippen LogP contribution < -0.4 is 5.32 Å². The van der Waals surface area contributed by atoms with Gasteiger partial charge in [-0.2, -0.15) is 0 Å². The van der Waals surface area contributed by atoms with Gasteiger partial charge in [-0.25, -0.2) is 0 Å². The smallest absolute Gasteiger partial charge is 0.256 e. The van der Waals surface area contributed by atoms with Crippen molar-refractivity contribution in [3.63, 3.8) is 0 Å². The number of nitrogens with zero attached hydrogens (tertiary/aromatic N) is 1. The number of benzene rings is 3. The maximum Gasteiger partial charge on any atom is 0.256 e. The molecule has 0 atom stereocenters. The zero-order valence-electron chi connectivity index (χ0n) is 16.2. The number of anilines is 1. The van der Waals surface area contributed by atoms with Crippen molar-refractivity contribution in [2.45, 2.75) is 26.3 Å². The Balaban J connectivity index is 1.67. The molecule has 0 aromatic heterocycles. The van der Waals surface area contributed by atoms with Gasteiger partial charge >= 0.3 is 0 Å². The van der Waals surface area contributed by atoms with Gasteiger partial charge in [0.05, 0.1) is 11.3 Å². The molecule has 0 radical (unpaired) electrons. The lowest BCUT2D eigenvalue weighted by atomic mass is 10.0. The van der Waals surface area contributed by atoms with Gasteiger partial charge in [-0.05, 0) is 53.8 Å². The Bertz CT molecular complexity index is 1050. The van der Waals surface area contributed by atoms with E-state index in [1.807, 2.05) is 67.6 Å². The Labute approximate surface area is 165 Å². The van der Waals surface area contributed by atoms with Crippen LogP contribution in [0.3, 0.4) is 0 Å². The van der Waals surface area contributed by atoms with Crippen LogP contribution in [0.5, 0.6) is 0 Å². The van der Waals surface area contributed by atoms with E-state index in [-0.39, 0.29) is 17.7 Å². The highest BCUT2D eigenvalue weighted by Crippen LogP contribution is 2.32. The van der Waals surface area contributed by atoms with E-state index in [2.05, 4.69) is 5.32 Å². The first-order valence-corrected chi connectivity index (χ1v) is 9.66. The van der Waals surface area contributed by atoms with Crippen LogP contribution in [0.4, 0.5) is 5.69 Å². The predicted molar refractivity (Wildman–Crippen MR) is 112 cm³/mol. The third kappa shape index (κ3) is 3.77. The van der Waals surface area contributed by atoms with Crippen molar-refractivity contribution in [2.24, 2.45) is 5.92 Å². The van der Waals surface area contributed by atoms with E-state index in [1.54, 1.807) is 11.9 Å². The highest BCUT2D eigenvalue weighted by atomic mass is 16.2. The van der Waals surface area contributed by atoms with Gasteiger partial charge in [-0.1, -0.05) is 48.5 Å². The number of nitrogens with one attached hydrogen (secondary N) is 1. The lowest BCUT2D eigenvalue weighted by Gasteiger charge is -2.21. The molecule has 1 N–H and O–H groups in total. The summed E-state index contributed by atoms with van der Waals surface area (Å²) in [5, 5.41) is 4.98. The maximum absolute atomic E-state index is 13.3. The largest absolute Gasteiger partial charge is 0.337 e. The van der Waals surface area contributed by atoms with Crippen molar-refractivity contribution in [3.05, 3.63) is 77.4 Å². The topological polar surface area (TPSA) is 49.4 Å². The standard InChI is InChI=1S/C24H24N2O2/c1-16-7-3-4-10-20(16)15-26(2)24(28)21-13-18-8-5-6-9-19(18)14-22(21)25-23(27)17-11-12-17/h3-10,13-14,17H,11-12,15H2,1-2H3,(H,25,27). The number of fused-ring (bicyclic) bond motifs is 1. The minimum absolute atomic E-state index is 0.00545. The molecular formula is C24H24N2O2. The van der Waals surface area contributed by atoms with E-state index in [0.29, 0.717) is 17.8 Å². The molecule has 3 aromatic rings. The van der Waals surface area contributed by atoms with Crippen molar-refractivity contribution in [2.75, 3.05) is 12.4 Å². The molecule has 4 heteroatoms. The molecular weight excluding hydrogens is 348 g/mol. The van der Waals surface area contributed by atoms with E-state index in [1.165, 1.54) is 0 Å². The summed E-state index contributed by atoms with van der Waals surface area (Å²) in [7, 11) is 1.80. The SMILES string of the molecule is Cc1ccccc1CN(C)C(=O)c1cc2ccccc2cc1NC(=O)C1CC1. The average molecular weight is 372 g/mol. The molecule has 142 valence electrons. The summed E-state index contributed by atoms with van der Waals surface area (Å²) in [4.78, 5) is 27.3. The summed E-state index contributed by atoms with van der Waals surface area (Å²) in [6.45, 7) is 2.57. The van der Waals surface area contributed by atoms with Crippen molar-refractivity contribution < 1.29 is 9.59 Å². The molecule has 1 aliphatic carbocycles. The van der Waals surface area contributed by atoms with Crippen LogP contribution in [0.15, 0.2) is 60.7 Å². The minimum atomic E-state index is -0.0971. The Kier molecular flexibility index (Phi) is 4.86. The molecule has 2 amide bonds. The van der Waals surface area contributed by atoms with Crippen molar-refractivity contribution in [1.82, 2.24) is 4.90 Å². The highest BCUT2D eigenvalue weighted by Gasteiger charge is 2.30. The summed E-state index contributed by atoms with van der Waals surface area (Å²) in [5.41, 5.74) is 3.40. The van der Waals surface area contributed by atoms with E-state index in [4.69, 9.17) is 0 Å². The molecule has 28 heavy (non-hydrogen) atoms. The van der Waals surface area contributed by atoms with Gasteiger partial charge in [0.15, 0.2) is 0 Å². The monoisotopic (exact) mass is 372 g/mol. The molecule has 0 heterocycles. The molecule has 0 saturated heterocycles. The molecule has 0 bridgehead atoms. The first-order chi connectivity index (χ1) is 13.5. The zero-order chi connectivity index (χ0) is 19.7. The normalized spacial score (nSPS) is 13.4. The Morgan fingerprint density at radius 3 is 2.32 bits per heavy atom. The third-order valence-electron chi connectivity index (χ3n) is 5.34. The molecule has 1 saturated carbocycles. The number of amides is 2. The van der Waals surface area contributed by atoms with Crippen molar-refractivity contribution >= 4 is 28.3 Å². The van der Waals surface area contributed by atoms with Crippen molar-refractivity contribution in [3.8, 4) is 0 Å². The lowest BCUT2D eigenvalue weighted by molar-refractivity contribution is -0.117. The van der Waals surface area contributed by atoms with Gasteiger partial charge in [0.1, 0.15) is 0 Å². The number of hydrogen-bond acceptors (Lipinski definition) is 2. The molecule has 4 rings (SSSR count). The molecule has 3 aromatic carbocycles. The Morgan fingerprint density at radius 1 is 1.00 bits per heavy atom. The second-order valence-electron chi connectivity index (χ2n) is 7.60. The Hall–Kier alpha value is -3.14. The van der Waals surface area contributed by atoms with Crippen LogP contribution in [-0.4, -0.2) is 23.8 Å². The van der Waals surface area contributed by atoms with E-state index in [0.717, 1.165) is 34.7 Å². The average Bonchev–Trinajstić information content (AvgIpc) is 3.54. The van der Waals surface area contributed by atoms with Crippen LogP contribution in [0.25, 0.3) is 10.8 Å². The summed E-state index contributed by atoms with van der Waals surface area (Å²) in [6.07, 6.45) is 1.85. The fourth-order valence-corrected chi connectivity index (χ4v) is 3.42. The predicted octanol–water partition coefficient (Wildman–Crippen LogP) is 4.77. The lowest BCUT2D eigenvalue weighted by Crippen LogP contribution is -2.28. The minimum Gasteiger partial charge on any atom is -0.337 e. The van der Waals surface area contributed by atoms with Crippen LogP contribution >= 0.6 is 0 Å². The number of carbonyl (C=O) groups excluding carboxylic acids is 2. The Morgan fingerprint density at radius 2 is 1.64 bits per heavy atom. The number of hydrogen-bond donors (Lipinski definition) is 1. The first-order valence-electron chi connectivity index (χ1n) is 9.66. The summed E-state index contributed by atoms with van der Waals surface area (Å²) >= 11 is 0. The number of carbonyl (C=O) groups is 2. The molecule has 0 unspecified atom stereocenters. The number of rotatable bonds is 5. The molecule has 0 aliphatic heterocycles. The summed E-state index contributed by atoms with van der Waals surface area (Å²) in [6, 6.07) is 19.7. The van der Waals surface area contributed by atoms with E-state index >= 15 is 0 Å². The zero-order valence-corrected chi connectivity index (χ0v) is 16.2. The molecule has 1 aliphatic rings. The molecule has 4 nitrogen and oxygen atoms in total. The first kappa shape index (κ1) is 18.2. The second-order valence-corrected chi connectivity index (χ2v) is 7.60. The van der Waals surface area contributed by atoms with Crippen LogP contribution in [0, 0.1) is 12.8 Å². The van der Waals surface area contributed by atoms with E-state index in [9.17, 15) is 9.59 Å². The van der Waals surface area contributed by atoms with Crippen molar-refractivity contribution in [1.29, 1.82) is 0 Å². The van der Waals surface area contributed by atoms with Gasteiger partial charge in [0.2, 0.25) is 5.91 Å². The van der Waals surface area contributed by atoms with Gasteiger partial charge in [-0.15, -0.1) is 0 Å². The van der Waals surface area contributed by atoms with Crippen LogP contribution in [0.1, 0.15) is 34.3 Å². The quantitative estimate of drug-likeness (QED) is 0.701. The molecule has 0 spiro atoms. The van der Waals surface area contributed by atoms with Gasteiger partial charge in [-0.3, -0.25) is 9.59 Å². The fraction of sp³-hybridized carbons (Fsp3) is 0.250. The highest BCUT2D eigenvalue weighted by molar-refractivity contribution is 6.08. The second kappa shape index (κ2) is 7.47. The summed E-state index contributed by atoms with van der Waals surface area (Å²) < 4.78 is 0. The van der Waals surface area contributed by atoms with E-state index < -0.39 is 0 Å². The van der Waals surface area contributed by atoms with Crippen LogP contribution in [-0.2, 0) is 11.3 Å². The van der Waals surface area contributed by atoms with Gasteiger partial charge in [0, 0.05) is 19.5 Å². The number of aryl methyl sites for hydroxylation is 1.